The van der Waals surface area contributed by atoms with Gasteiger partial charge < -0.3 is 10.5 Å². The van der Waals surface area contributed by atoms with Crippen molar-refractivity contribution < 1.29 is 18.3 Å². The van der Waals surface area contributed by atoms with Crippen LogP contribution in [0.5, 0.6) is 5.75 Å². The minimum atomic E-state index is -0.680. The van der Waals surface area contributed by atoms with Gasteiger partial charge in [0.05, 0.1) is 11.3 Å². The molecule has 0 aliphatic heterocycles. The molecule has 0 fully saturated rings. The molecule has 0 saturated carbocycles. The summed E-state index contributed by atoms with van der Waals surface area (Å²) in [7, 11) is 0. The van der Waals surface area contributed by atoms with E-state index in [2.05, 4.69) is 11.1 Å². The number of fused-ring (bicyclic) bond motifs is 2. The Morgan fingerprint density at radius 1 is 1.00 bits per heavy atom. The lowest BCUT2D eigenvalue weighted by molar-refractivity contribution is 0.0968. The Morgan fingerprint density at radius 2 is 1.73 bits per heavy atom. The van der Waals surface area contributed by atoms with E-state index < -0.39 is 11.6 Å². The maximum atomic E-state index is 14.1. The largest absolute Gasteiger partial charge is 0.485 e. The highest BCUT2D eigenvalue weighted by Crippen LogP contribution is 2.29. The van der Waals surface area contributed by atoms with E-state index in [4.69, 9.17) is 10.5 Å². The highest BCUT2D eigenvalue weighted by atomic mass is 19.1. The monoisotopic (exact) mass is 499 g/mol. The van der Waals surface area contributed by atoms with Crippen LogP contribution in [0.2, 0.25) is 0 Å². The molecule has 7 heteroatoms. The summed E-state index contributed by atoms with van der Waals surface area (Å²) in [4.78, 5) is 18.2. The summed E-state index contributed by atoms with van der Waals surface area (Å²) >= 11 is 0. The highest BCUT2D eigenvalue weighted by molar-refractivity contribution is 5.97. The van der Waals surface area contributed by atoms with E-state index in [0.717, 1.165) is 21.9 Å². The number of rotatable bonds is 8. The third-order valence-electron chi connectivity index (χ3n) is 6.66. The van der Waals surface area contributed by atoms with Gasteiger partial charge in [0.1, 0.15) is 23.9 Å². The standard InChI is InChI=1S/C30H27F2N3O2/c1-18-12-28(37-17-24-25(31)8-5-9-26(24)32)30-34-19(2)29(35(30)16-18)27(36)14-23(15-33)22-11-10-20-6-3-4-7-21(20)13-22/h3-13,16,23H,14-15,17,33H2,1-2H3. The molecule has 2 N–H and O–H groups in total. The Morgan fingerprint density at radius 3 is 2.46 bits per heavy atom. The minimum absolute atomic E-state index is 0.0923. The van der Waals surface area contributed by atoms with E-state index >= 15 is 0 Å². The van der Waals surface area contributed by atoms with Gasteiger partial charge in [-0.3, -0.25) is 9.20 Å². The maximum absolute atomic E-state index is 14.1. The lowest BCUT2D eigenvalue weighted by atomic mass is 9.91. The zero-order chi connectivity index (χ0) is 26.1. The first-order chi connectivity index (χ1) is 17.9. The lowest BCUT2D eigenvalue weighted by Crippen LogP contribution is -2.18. The summed E-state index contributed by atoms with van der Waals surface area (Å²) in [6.45, 7) is 3.65. The SMILES string of the molecule is Cc1cc(OCc2c(F)cccc2F)c2nc(C)c(C(=O)CC(CN)c3ccc4ccccc4c3)n2c1. The number of aryl methyl sites for hydroxylation is 2. The molecule has 1 atom stereocenters. The summed E-state index contributed by atoms with van der Waals surface area (Å²) in [5.41, 5.74) is 9.18. The van der Waals surface area contributed by atoms with Gasteiger partial charge in [-0.05, 0) is 60.5 Å². The molecule has 0 radical (unpaired) electrons. The van der Waals surface area contributed by atoms with Gasteiger partial charge in [0.15, 0.2) is 17.2 Å². The molecular weight excluding hydrogens is 472 g/mol. The molecule has 188 valence electrons. The summed E-state index contributed by atoms with van der Waals surface area (Å²) in [6.07, 6.45) is 2.03. The van der Waals surface area contributed by atoms with Crippen LogP contribution in [0.3, 0.4) is 0 Å². The third kappa shape index (κ3) is 4.82. The van der Waals surface area contributed by atoms with Crippen molar-refractivity contribution in [3.63, 3.8) is 0 Å². The van der Waals surface area contributed by atoms with Crippen molar-refractivity contribution in [2.24, 2.45) is 5.73 Å². The van der Waals surface area contributed by atoms with Gasteiger partial charge in [-0.25, -0.2) is 13.8 Å². The molecule has 0 saturated heterocycles. The van der Waals surface area contributed by atoms with Gasteiger partial charge in [0.25, 0.3) is 0 Å². The Kier molecular flexibility index (Phi) is 6.72. The zero-order valence-corrected chi connectivity index (χ0v) is 20.7. The third-order valence-corrected chi connectivity index (χ3v) is 6.66. The number of ketones is 1. The van der Waals surface area contributed by atoms with Gasteiger partial charge in [-0.2, -0.15) is 0 Å². The Bertz CT molecular complexity index is 1610. The number of nitrogens with two attached hydrogens (primary N) is 1. The highest BCUT2D eigenvalue weighted by Gasteiger charge is 2.23. The molecule has 2 heterocycles. The van der Waals surface area contributed by atoms with E-state index in [1.165, 1.54) is 18.2 Å². The van der Waals surface area contributed by atoms with Crippen LogP contribution in [-0.2, 0) is 6.61 Å². The molecule has 0 aliphatic rings. The second-order valence-electron chi connectivity index (χ2n) is 9.28. The van der Waals surface area contributed by atoms with Crippen LogP contribution in [0.1, 0.15) is 45.2 Å². The first kappa shape index (κ1) is 24.6. The van der Waals surface area contributed by atoms with Gasteiger partial charge >= 0.3 is 0 Å². The fraction of sp³-hybridized carbons (Fsp3) is 0.200. The molecule has 0 amide bonds. The van der Waals surface area contributed by atoms with Crippen molar-refractivity contribution in [2.75, 3.05) is 6.54 Å². The topological polar surface area (TPSA) is 69.6 Å². The maximum Gasteiger partial charge on any atom is 0.182 e. The molecule has 0 bridgehead atoms. The predicted molar refractivity (Wildman–Crippen MR) is 140 cm³/mol. The summed E-state index contributed by atoms with van der Waals surface area (Å²) in [6, 6.07) is 19.6. The van der Waals surface area contributed by atoms with Gasteiger partial charge in [0, 0.05) is 18.5 Å². The van der Waals surface area contributed by atoms with Gasteiger partial charge in [-0.1, -0.05) is 48.5 Å². The van der Waals surface area contributed by atoms with Gasteiger partial charge in [-0.15, -0.1) is 0 Å². The summed E-state index contributed by atoms with van der Waals surface area (Å²) in [5, 5.41) is 2.23. The molecule has 5 nitrogen and oxygen atoms in total. The van der Waals surface area contributed by atoms with E-state index in [0.29, 0.717) is 29.3 Å². The van der Waals surface area contributed by atoms with E-state index in [-0.39, 0.29) is 30.3 Å². The molecule has 0 spiro atoms. The van der Waals surface area contributed by atoms with Crippen molar-refractivity contribution in [2.45, 2.75) is 32.8 Å². The van der Waals surface area contributed by atoms with Crippen LogP contribution in [0, 0.1) is 25.5 Å². The molecule has 37 heavy (non-hydrogen) atoms. The van der Waals surface area contributed by atoms with Gasteiger partial charge in [0.2, 0.25) is 0 Å². The average molecular weight is 500 g/mol. The molecule has 5 rings (SSSR count). The molecule has 2 aromatic heterocycles. The van der Waals surface area contributed by atoms with Crippen molar-refractivity contribution in [3.8, 4) is 5.75 Å². The molecule has 0 aliphatic carbocycles. The second kappa shape index (κ2) is 10.1. The first-order valence-electron chi connectivity index (χ1n) is 12.1. The summed E-state index contributed by atoms with van der Waals surface area (Å²) in [5.74, 6) is -1.27. The Balaban J connectivity index is 1.45. The quantitative estimate of drug-likeness (QED) is 0.255. The molecular formula is C30H27F2N3O2. The van der Waals surface area contributed by atoms with Crippen LogP contribution in [0.25, 0.3) is 16.4 Å². The number of halogens is 2. The van der Waals surface area contributed by atoms with Crippen molar-refractivity contribution in [3.05, 3.63) is 113 Å². The number of pyridine rings is 1. The smallest absolute Gasteiger partial charge is 0.182 e. The van der Waals surface area contributed by atoms with Crippen molar-refractivity contribution >= 4 is 22.2 Å². The predicted octanol–water partition coefficient (Wildman–Crippen LogP) is 6.28. The number of hydrogen-bond acceptors (Lipinski definition) is 4. The molecule has 1 unspecified atom stereocenters. The number of imidazole rings is 1. The number of Topliss-reactive ketones (excluding diaryl/α,β-unsaturated/α-hetero) is 1. The van der Waals surface area contributed by atoms with Crippen molar-refractivity contribution in [1.82, 2.24) is 9.38 Å². The van der Waals surface area contributed by atoms with Crippen LogP contribution in [-0.4, -0.2) is 21.7 Å². The average Bonchev–Trinajstić information content (AvgIpc) is 3.22. The second-order valence-corrected chi connectivity index (χ2v) is 9.28. The summed E-state index contributed by atoms with van der Waals surface area (Å²) < 4.78 is 35.7. The van der Waals surface area contributed by atoms with Crippen LogP contribution >= 0.6 is 0 Å². The van der Waals surface area contributed by atoms with Crippen LogP contribution < -0.4 is 10.5 Å². The molecule has 5 aromatic rings. The number of benzene rings is 3. The normalized spacial score (nSPS) is 12.2. The van der Waals surface area contributed by atoms with Crippen LogP contribution in [0.4, 0.5) is 8.78 Å². The molecule has 3 aromatic carbocycles. The fourth-order valence-corrected chi connectivity index (χ4v) is 4.74. The Hall–Kier alpha value is -4.10. The fourth-order valence-electron chi connectivity index (χ4n) is 4.74. The zero-order valence-electron chi connectivity index (χ0n) is 20.7. The number of nitrogens with zero attached hydrogens (tertiary/aromatic N) is 2. The first-order valence-corrected chi connectivity index (χ1v) is 12.1. The van der Waals surface area contributed by atoms with E-state index in [1.807, 2.05) is 49.5 Å². The van der Waals surface area contributed by atoms with Crippen LogP contribution in [0.15, 0.2) is 72.9 Å². The number of hydrogen-bond donors (Lipinski definition) is 1. The minimum Gasteiger partial charge on any atom is -0.485 e. The number of aromatic nitrogens is 2. The Labute approximate surface area is 213 Å². The lowest BCUT2D eigenvalue weighted by Gasteiger charge is -2.16. The van der Waals surface area contributed by atoms with Crippen molar-refractivity contribution in [1.29, 1.82) is 0 Å². The number of ether oxygens (including phenoxy) is 1. The number of carbonyl (C=O) groups excluding carboxylic acids is 1. The number of carbonyl (C=O) groups is 1. The van der Waals surface area contributed by atoms with E-state index in [9.17, 15) is 13.6 Å². The van der Waals surface area contributed by atoms with E-state index in [1.54, 1.807) is 17.4 Å².